The molecule has 0 radical (unpaired) electrons. The highest BCUT2D eigenvalue weighted by molar-refractivity contribution is 5.69. The van der Waals surface area contributed by atoms with Crippen molar-refractivity contribution in [1.82, 2.24) is 10.2 Å². The summed E-state index contributed by atoms with van der Waals surface area (Å²) in [6.45, 7) is 9.21. The number of nitrogens with one attached hydrogen (secondary N) is 1. The number of aromatic nitrogens is 2. The van der Waals surface area contributed by atoms with Crippen LogP contribution in [0.15, 0.2) is 24.3 Å². The summed E-state index contributed by atoms with van der Waals surface area (Å²) < 4.78 is 0. The zero-order valence-electron chi connectivity index (χ0n) is 11.4. The molecule has 0 aliphatic heterocycles. The van der Waals surface area contributed by atoms with Gasteiger partial charge in [-0.25, -0.2) is 0 Å². The minimum absolute atomic E-state index is 0.860. The Morgan fingerprint density at radius 3 is 2.39 bits per heavy atom. The second-order valence-corrected chi connectivity index (χ2v) is 4.49. The molecule has 0 saturated heterocycles. The van der Waals surface area contributed by atoms with Crippen molar-refractivity contribution in [3.63, 3.8) is 0 Å². The van der Waals surface area contributed by atoms with Crippen molar-refractivity contribution in [2.45, 2.75) is 27.7 Å². The lowest BCUT2D eigenvalue weighted by molar-refractivity contribution is 0.985. The zero-order chi connectivity index (χ0) is 13.1. The Balaban J connectivity index is 2.54. The second kappa shape index (κ2) is 5.17. The lowest BCUT2D eigenvalue weighted by atomic mass is 10.00. The van der Waals surface area contributed by atoms with E-state index < -0.39 is 0 Å². The van der Waals surface area contributed by atoms with Gasteiger partial charge in [0.1, 0.15) is 0 Å². The molecule has 3 heteroatoms. The molecule has 0 aliphatic carbocycles. The molecule has 1 aromatic carbocycles. The molecule has 0 fully saturated rings. The zero-order valence-corrected chi connectivity index (χ0v) is 11.4. The first-order valence-electron chi connectivity index (χ1n) is 6.29. The molecule has 1 N–H and O–H groups in total. The van der Waals surface area contributed by atoms with Crippen LogP contribution in [0.3, 0.4) is 0 Å². The highest BCUT2D eigenvalue weighted by atomic mass is 15.2. The van der Waals surface area contributed by atoms with E-state index in [1.165, 1.54) is 16.7 Å². The molecule has 2 aromatic rings. The first-order valence-corrected chi connectivity index (χ1v) is 6.29. The number of nitrogens with zero attached hydrogens (tertiary/aromatic N) is 2. The molecule has 0 amide bonds. The smallest absolute Gasteiger partial charge is 0.151 e. The molecule has 1 aromatic heterocycles. The standard InChI is InChI=1S/C15H19N3/c1-5-16-15-12(4)11(3)14(17-18-15)13-9-7-6-8-10(13)2/h6-9H,5H2,1-4H3,(H,16,18). The van der Waals surface area contributed by atoms with Gasteiger partial charge in [-0.15, -0.1) is 10.2 Å². The molecule has 0 aliphatic rings. The van der Waals surface area contributed by atoms with Crippen LogP contribution in [0.2, 0.25) is 0 Å². The summed E-state index contributed by atoms with van der Waals surface area (Å²) >= 11 is 0. The number of anilines is 1. The van der Waals surface area contributed by atoms with Gasteiger partial charge in [0.2, 0.25) is 0 Å². The summed E-state index contributed by atoms with van der Waals surface area (Å²) in [4.78, 5) is 0. The van der Waals surface area contributed by atoms with E-state index in [2.05, 4.69) is 55.3 Å². The largest absolute Gasteiger partial charge is 0.369 e. The minimum Gasteiger partial charge on any atom is -0.369 e. The van der Waals surface area contributed by atoms with Crippen molar-refractivity contribution in [3.8, 4) is 11.3 Å². The van der Waals surface area contributed by atoms with Gasteiger partial charge in [0, 0.05) is 12.1 Å². The SMILES string of the molecule is CCNc1nnc(-c2ccccc2C)c(C)c1C. The topological polar surface area (TPSA) is 37.8 Å². The number of hydrogen-bond acceptors (Lipinski definition) is 3. The normalized spacial score (nSPS) is 10.4. The molecule has 94 valence electrons. The van der Waals surface area contributed by atoms with Crippen molar-refractivity contribution in [2.75, 3.05) is 11.9 Å². The van der Waals surface area contributed by atoms with Crippen LogP contribution in [-0.4, -0.2) is 16.7 Å². The van der Waals surface area contributed by atoms with Crippen LogP contribution in [0.5, 0.6) is 0 Å². The summed E-state index contributed by atoms with van der Waals surface area (Å²) in [7, 11) is 0. The van der Waals surface area contributed by atoms with E-state index in [9.17, 15) is 0 Å². The predicted octanol–water partition coefficient (Wildman–Crippen LogP) is 3.50. The van der Waals surface area contributed by atoms with Gasteiger partial charge in [-0.2, -0.15) is 0 Å². The van der Waals surface area contributed by atoms with Crippen LogP contribution in [0.25, 0.3) is 11.3 Å². The van der Waals surface area contributed by atoms with Crippen molar-refractivity contribution < 1.29 is 0 Å². The summed E-state index contributed by atoms with van der Waals surface area (Å²) in [5.74, 6) is 0.882. The molecule has 3 nitrogen and oxygen atoms in total. The fourth-order valence-electron chi connectivity index (χ4n) is 2.04. The van der Waals surface area contributed by atoms with Gasteiger partial charge >= 0.3 is 0 Å². The fourth-order valence-corrected chi connectivity index (χ4v) is 2.04. The van der Waals surface area contributed by atoms with Gasteiger partial charge in [-0.1, -0.05) is 24.3 Å². The molecule has 0 saturated carbocycles. The summed E-state index contributed by atoms with van der Waals surface area (Å²) in [6.07, 6.45) is 0. The van der Waals surface area contributed by atoms with Crippen molar-refractivity contribution in [2.24, 2.45) is 0 Å². The Morgan fingerprint density at radius 1 is 1.00 bits per heavy atom. The van der Waals surface area contributed by atoms with Crippen LogP contribution in [0, 0.1) is 20.8 Å². The summed E-state index contributed by atoms with van der Waals surface area (Å²) in [6, 6.07) is 8.28. The maximum Gasteiger partial charge on any atom is 0.151 e. The Kier molecular flexibility index (Phi) is 3.60. The van der Waals surface area contributed by atoms with Crippen molar-refractivity contribution >= 4 is 5.82 Å². The molecule has 0 spiro atoms. The average molecular weight is 241 g/mol. The maximum absolute atomic E-state index is 4.38. The van der Waals surface area contributed by atoms with Crippen LogP contribution in [-0.2, 0) is 0 Å². The van der Waals surface area contributed by atoms with E-state index in [4.69, 9.17) is 0 Å². The lowest BCUT2D eigenvalue weighted by Crippen LogP contribution is -2.06. The van der Waals surface area contributed by atoms with E-state index in [1.807, 2.05) is 12.1 Å². The Hall–Kier alpha value is -1.90. The molecular formula is C15H19N3. The monoisotopic (exact) mass is 241 g/mol. The minimum atomic E-state index is 0.860. The first kappa shape index (κ1) is 12.6. The third-order valence-electron chi connectivity index (χ3n) is 3.27. The third kappa shape index (κ3) is 2.21. The molecular weight excluding hydrogens is 222 g/mol. The summed E-state index contributed by atoms with van der Waals surface area (Å²) in [5.41, 5.74) is 5.73. The van der Waals surface area contributed by atoms with E-state index in [-0.39, 0.29) is 0 Å². The predicted molar refractivity (Wildman–Crippen MR) is 75.8 cm³/mol. The van der Waals surface area contributed by atoms with Crippen LogP contribution in [0.4, 0.5) is 5.82 Å². The first-order chi connectivity index (χ1) is 8.65. The molecule has 0 bridgehead atoms. The fraction of sp³-hybridized carbons (Fsp3) is 0.333. The average Bonchev–Trinajstić information content (AvgIpc) is 2.37. The molecule has 0 unspecified atom stereocenters. The molecule has 1 heterocycles. The van der Waals surface area contributed by atoms with Gasteiger partial charge in [0.05, 0.1) is 5.69 Å². The summed E-state index contributed by atoms with van der Waals surface area (Å²) in [5, 5.41) is 11.9. The molecule has 2 rings (SSSR count). The Morgan fingerprint density at radius 2 is 1.72 bits per heavy atom. The quantitative estimate of drug-likeness (QED) is 0.893. The highest BCUT2D eigenvalue weighted by Gasteiger charge is 2.12. The third-order valence-corrected chi connectivity index (χ3v) is 3.27. The number of hydrogen-bond donors (Lipinski definition) is 1. The van der Waals surface area contributed by atoms with Crippen molar-refractivity contribution in [1.29, 1.82) is 0 Å². The van der Waals surface area contributed by atoms with E-state index in [0.29, 0.717) is 0 Å². The highest BCUT2D eigenvalue weighted by Crippen LogP contribution is 2.27. The van der Waals surface area contributed by atoms with Crippen LogP contribution < -0.4 is 5.32 Å². The van der Waals surface area contributed by atoms with Crippen LogP contribution >= 0.6 is 0 Å². The van der Waals surface area contributed by atoms with E-state index >= 15 is 0 Å². The Bertz CT molecular complexity index is 562. The number of rotatable bonds is 3. The van der Waals surface area contributed by atoms with E-state index in [0.717, 1.165) is 23.6 Å². The number of aryl methyl sites for hydroxylation is 1. The van der Waals surface area contributed by atoms with Gasteiger partial charge in [-0.3, -0.25) is 0 Å². The van der Waals surface area contributed by atoms with Gasteiger partial charge < -0.3 is 5.32 Å². The Labute approximate surface area is 108 Å². The molecule has 18 heavy (non-hydrogen) atoms. The van der Waals surface area contributed by atoms with Gasteiger partial charge in [-0.05, 0) is 44.4 Å². The van der Waals surface area contributed by atoms with Gasteiger partial charge in [0.15, 0.2) is 5.82 Å². The van der Waals surface area contributed by atoms with Crippen molar-refractivity contribution in [3.05, 3.63) is 41.0 Å². The maximum atomic E-state index is 4.38. The van der Waals surface area contributed by atoms with E-state index in [1.54, 1.807) is 0 Å². The van der Waals surface area contributed by atoms with Crippen LogP contribution in [0.1, 0.15) is 23.6 Å². The number of benzene rings is 1. The van der Waals surface area contributed by atoms with Gasteiger partial charge in [0.25, 0.3) is 0 Å². The lowest BCUT2D eigenvalue weighted by Gasteiger charge is -2.13. The second-order valence-electron chi connectivity index (χ2n) is 4.49. The molecule has 0 atom stereocenters.